The van der Waals surface area contributed by atoms with Gasteiger partial charge in [-0.25, -0.2) is 9.97 Å². The van der Waals surface area contributed by atoms with Crippen LogP contribution >= 0.6 is 11.3 Å². The molecule has 2 aromatic carbocycles. The maximum atomic E-state index is 13.0. The summed E-state index contributed by atoms with van der Waals surface area (Å²) in [6.07, 6.45) is -3.36. The number of ketones is 1. The minimum atomic E-state index is -4.40. The molecule has 0 aliphatic heterocycles. The van der Waals surface area contributed by atoms with Gasteiger partial charge in [0, 0.05) is 32.2 Å². The molecule has 0 bridgehead atoms. The topological polar surface area (TPSA) is 69.0 Å². The minimum absolute atomic E-state index is 0.0242. The fourth-order valence-corrected chi connectivity index (χ4v) is 4.39. The van der Waals surface area contributed by atoms with E-state index in [1.165, 1.54) is 6.07 Å². The number of fused-ring (bicyclic) bond motifs is 2. The maximum Gasteiger partial charge on any atom is 0.416 e. The van der Waals surface area contributed by atoms with E-state index in [-0.39, 0.29) is 5.78 Å². The van der Waals surface area contributed by atoms with Gasteiger partial charge in [0.1, 0.15) is 0 Å². The standard InChI is InChI=1S/C22H21F3N4O2S/c1-3-29-17-9-6-13(18(30)5-4-10-31-2)11-16(17)26-20(29)28-21-27-15-8-7-14(22(23,24)25)12-19(15)32-21/h6-9,11-12H,3-5,10H2,1-2H3,(H,26,27,28). The Labute approximate surface area is 186 Å². The van der Waals surface area contributed by atoms with Crippen molar-refractivity contribution in [2.24, 2.45) is 0 Å². The average Bonchev–Trinajstić information content (AvgIpc) is 3.31. The van der Waals surface area contributed by atoms with Crippen molar-refractivity contribution in [2.75, 3.05) is 19.0 Å². The predicted octanol–water partition coefficient (Wildman–Crippen LogP) is 6.04. The number of alkyl halides is 3. The first kappa shape index (κ1) is 22.2. The number of methoxy groups -OCH3 is 1. The summed E-state index contributed by atoms with van der Waals surface area (Å²) in [5, 5.41) is 3.57. The fourth-order valence-electron chi connectivity index (χ4n) is 3.49. The van der Waals surface area contributed by atoms with Crippen LogP contribution in [0.1, 0.15) is 35.7 Å². The van der Waals surface area contributed by atoms with Crippen molar-refractivity contribution < 1.29 is 22.7 Å². The van der Waals surface area contributed by atoms with Gasteiger partial charge in [0.2, 0.25) is 5.95 Å². The molecule has 0 saturated heterocycles. The Kier molecular flexibility index (Phi) is 6.16. The van der Waals surface area contributed by atoms with Crippen molar-refractivity contribution in [1.82, 2.24) is 14.5 Å². The Balaban J connectivity index is 1.63. The van der Waals surface area contributed by atoms with Crippen LogP contribution in [0.5, 0.6) is 0 Å². The molecular formula is C22H21F3N4O2S. The van der Waals surface area contributed by atoms with E-state index in [2.05, 4.69) is 15.3 Å². The van der Waals surface area contributed by atoms with Gasteiger partial charge in [-0.3, -0.25) is 4.79 Å². The molecule has 0 aliphatic rings. The number of rotatable bonds is 8. The summed E-state index contributed by atoms with van der Waals surface area (Å²) in [6, 6.07) is 8.89. The average molecular weight is 462 g/mol. The van der Waals surface area contributed by atoms with Crippen LogP contribution < -0.4 is 5.32 Å². The van der Waals surface area contributed by atoms with E-state index in [4.69, 9.17) is 4.74 Å². The highest BCUT2D eigenvalue weighted by atomic mass is 32.1. The van der Waals surface area contributed by atoms with Gasteiger partial charge >= 0.3 is 6.18 Å². The highest BCUT2D eigenvalue weighted by molar-refractivity contribution is 7.22. The number of nitrogens with zero attached hydrogens (tertiary/aromatic N) is 3. The summed E-state index contributed by atoms with van der Waals surface area (Å²) >= 11 is 1.13. The molecule has 4 aromatic rings. The smallest absolute Gasteiger partial charge is 0.385 e. The largest absolute Gasteiger partial charge is 0.416 e. The van der Waals surface area contributed by atoms with E-state index in [0.29, 0.717) is 58.4 Å². The molecule has 2 heterocycles. The van der Waals surface area contributed by atoms with E-state index >= 15 is 0 Å². The summed E-state index contributed by atoms with van der Waals surface area (Å²) in [7, 11) is 1.60. The van der Waals surface area contributed by atoms with E-state index in [0.717, 1.165) is 29.0 Å². The quantitative estimate of drug-likeness (QED) is 0.255. The highest BCUT2D eigenvalue weighted by Gasteiger charge is 2.30. The maximum absolute atomic E-state index is 13.0. The first-order valence-electron chi connectivity index (χ1n) is 10.1. The van der Waals surface area contributed by atoms with Gasteiger partial charge in [-0.2, -0.15) is 13.2 Å². The lowest BCUT2D eigenvalue weighted by atomic mass is 10.1. The number of nitrogens with one attached hydrogen (secondary N) is 1. The summed E-state index contributed by atoms with van der Waals surface area (Å²) < 4.78 is 46.3. The van der Waals surface area contributed by atoms with Crippen molar-refractivity contribution in [1.29, 1.82) is 0 Å². The number of aromatic nitrogens is 3. The van der Waals surface area contributed by atoms with E-state index < -0.39 is 11.7 Å². The molecule has 168 valence electrons. The van der Waals surface area contributed by atoms with Crippen LogP contribution in [0.3, 0.4) is 0 Å². The van der Waals surface area contributed by atoms with Crippen LogP contribution in [-0.2, 0) is 17.5 Å². The summed E-state index contributed by atoms with van der Waals surface area (Å²) in [4.78, 5) is 21.4. The zero-order valence-corrected chi connectivity index (χ0v) is 18.3. The van der Waals surface area contributed by atoms with Crippen LogP contribution in [-0.4, -0.2) is 34.0 Å². The number of halogens is 3. The number of carbonyl (C=O) groups excluding carboxylic acids is 1. The molecule has 2 aromatic heterocycles. The van der Waals surface area contributed by atoms with Crippen LogP contribution in [0, 0.1) is 0 Å². The van der Waals surface area contributed by atoms with Crippen LogP contribution in [0.4, 0.5) is 24.3 Å². The monoisotopic (exact) mass is 462 g/mol. The van der Waals surface area contributed by atoms with Crippen molar-refractivity contribution >= 4 is 49.4 Å². The van der Waals surface area contributed by atoms with Gasteiger partial charge in [0.15, 0.2) is 10.9 Å². The molecule has 6 nitrogen and oxygen atoms in total. The molecule has 32 heavy (non-hydrogen) atoms. The number of Topliss-reactive ketones (excluding diaryl/α,β-unsaturated/α-hetero) is 1. The van der Waals surface area contributed by atoms with Crippen molar-refractivity contribution in [3.8, 4) is 0 Å². The molecule has 0 saturated carbocycles. The first-order valence-corrected chi connectivity index (χ1v) is 10.9. The number of benzene rings is 2. The Morgan fingerprint density at radius 3 is 2.69 bits per heavy atom. The predicted molar refractivity (Wildman–Crippen MR) is 119 cm³/mol. The number of thiazole rings is 1. The minimum Gasteiger partial charge on any atom is -0.385 e. The number of hydrogen-bond donors (Lipinski definition) is 1. The van der Waals surface area contributed by atoms with Crippen LogP contribution in [0.2, 0.25) is 0 Å². The van der Waals surface area contributed by atoms with Crippen molar-refractivity contribution in [3.63, 3.8) is 0 Å². The normalized spacial score (nSPS) is 12.0. The molecule has 10 heteroatoms. The molecule has 4 rings (SSSR count). The van der Waals surface area contributed by atoms with Crippen LogP contribution in [0.15, 0.2) is 36.4 Å². The Morgan fingerprint density at radius 2 is 1.97 bits per heavy atom. The zero-order chi connectivity index (χ0) is 22.9. The molecule has 0 aliphatic carbocycles. The molecular weight excluding hydrogens is 441 g/mol. The number of anilines is 2. The molecule has 1 N–H and O–H groups in total. The first-order chi connectivity index (χ1) is 15.3. The van der Waals surface area contributed by atoms with Crippen LogP contribution in [0.25, 0.3) is 21.3 Å². The Hall–Kier alpha value is -2.98. The second-order valence-corrected chi connectivity index (χ2v) is 8.26. The van der Waals surface area contributed by atoms with E-state index in [9.17, 15) is 18.0 Å². The Bertz CT molecular complexity index is 1280. The molecule has 0 spiro atoms. The zero-order valence-electron chi connectivity index (χ0n) is 17.5. The van der Waals surface area contributed by atoms with Crippen molar-refractivity contribution in [3.05, 3.63) is 47.5 Å². The molecule has 0 unspecified atom stereocenters. The molecule has 0 radical (unpaired) electrons. The van der Waals surface area contributed by atoms with Gasteiger partial charge in [-0.15, -0.1) is 0 Å². The van der Waals surface area contributed by atoms with E-state index in [1.807, 2.05) is 17.6 Å². The van der Waals surface area contributed by atoms with Gasteiger partial charge in [0.25, 0.3) is 0 Å². The van der Waals surface area contributed by atoms with Gasteiger partial charge in [-0.05, 0) is 49.7 Å². The van der Waals surface area contributed by atoms with Gasteiger partial charge < -0.3 is 14.6 Å². The number of aryl methyl sites for hydroxylation is 1. The second kappa shape index (κ2) is 8.87. The third-order valence-electron chi connectivity index (χ3n) is 5.07. The lowest BCUT2D eigenvalue weighted by Gasteiger charge is -2.06. The summed E-state index contributed by atoms with van der Waals surface area (Å²) in [5.41, 5.74) is 1.87. The van der Waals surface area contributed by atoms with E-state index in [1.54, 1.807) is 19.2 Å². The van der Waals surface area contributed by atoms with Gasteiger partial charge in [0.05, 0.1) is 26.8 Å². The summed E-state index contributed by atoms with van der Waals surface area (Å²) in [6.45, 7) is 3.10. The lowest BCUT2D eigenvalue weighted by Crippen LogP contribution is -2.03. The fraction of sp³-hybridized carbons (Fsp3) is 0.318. The Morgan fingerprint density at radius 1 is 1.16 bits per heavy atom. The van der Waals surface area contributed by atoms with Crippen molar-refractivity contribution in [2.45, 2.75) is 32.5 Å². The second-order valence-electron chi connectivity index (χ2n) is 7.23. The third kappa shape index (κ3) is 4.46. The SMILES string of the molecule is CCn1c(Nc2nc3ccc(C(F)(F)F)cc3s2)nc2cc(C(=O)CCCOC)ccc21. The summed E-state index contributed by atoms with van der Waals surface area (Å²) in [5.74, 6) is 0.540. The highest BCUT2D eigenvalue weighted by Crippen LogP contribution is 2.35. The van der Waals surface area contributed by atoms with Gasteiger partial charge in [-0.1, -0.05) is 11.3 Å². The molecule has 0 atom stereocenters. The number of carbonyl (C=O) groups is 1. The number of ether oxygens (including phenoxy) is 1. The molecule has 0 fully saturated rings. The molecule has 0 amide bonds. The number of imidazole rings is 1. The third-order valence-corrected chi connectivity index (χ3v) is 6.01. The lowest BCUT2D eigenvalue weighted by molar-refractivity contribution is -0.137. The number of hydrogen-bond acceptors (Lipinski definition) is 6.